The lowest BCUT2D eigenvalue weighted by Gasteiger charge is -2.22. The van der Waals surface area contributed by atoms with Crippen LogP contribution in [0.2, 0.25) is 0 Å². The van der Waals surface area contributed by atoms with E-state index in [4.69, 9.17) is 5.73 Å². The predicted molar refractivity (Wildman–Crippen MR) is 62.9 cm³/mol. The molecule has 0 atom stereocenters. The van der Waals surface area contributed by atoms with Gasteiger partial charge in [0.1, 0.15) is 6.33 Å². The zero-order valence-electron chi connectivity index (χ0n) is 10.1. The van der Waals surface area contributed by atoms with Crippen LogP contribution in [-0.2, 0) is 18.4 Å². The van der Waals surface area contributed by atoms with Crippen molar-refractivity contribution in [1.82, 2.24) is 20.1 Å². The molecule has 0 spiro atoms. The molecule has 1 amide bonds. The fourth-order valence-electron chi connectivity index (χ4n) is 2.28. The Balaban J connectivity index is 1.77. The summed E-state index contributed by atoms with van der Waals surface area (Å²) < 4.78 is 1.61. The number of carbonyl (C=O) groups is 1. The van der Waals surface area contributed by atoms with Gasteiger partial charge in [0.05, 0.1) is 6.54 Å². The molecule has 0 aliphatic heterocycles. The van der Waals surface area contributed by atoms with Crippen molar-refractivity contribution in [2.75, 3.05) is 0 Å². The van der Waals surface area contributed by atoms with Gasteiger partial charge in [-0.2, -0.15) is 5.10 Å². The third kappa shape index (κ3) is 3.26. The van der Waals surface area contributed by atoms with E-state index in [-0.39, 0.29) is 11.4 Å². The summed E-state index contributed by atoms with van der Waals surface area (Å²) in [4.78, 5) is 15.8. The van der Waals surface area contributed by atoms with Crippen molar-refractivity contribution < 1.29 is 4.79 Å². The number of hydrogen-bond donors (Lipinski definition) is 2. The number of rotatable bonds is 4. The second-order valence-electron chi connectivity index (χ2n) is 4.86. The lowest BCUT2D eigenvalue weighted by molar-refractivity contribution is -0.122. The molecule has 1 aromatic rings. The number of carbonyl (C=O) groups excluding carboxylic acids is 1. The summed E-state index contributed by atoms with van der Waals surface area (Å²) >= 11 is 0. The second-order valence-corrected chi connectivity index (χ2v) is 4.86. The molecule has 0 aromatic carbocycles. The van der Waals surface area contributed by atoms with Crippen molar-refractivity contribution in [3.8, 4) is 0 Å². The number of hydrogen-bond acceptors (Lipinski definition) is 4. The van der Waals surface area contributed by atoms with E-state index in [0.717, 1.165) is 25.7 Å². The summed E-state index contributed by atoms with van der Waals surface area (Å²) in [5, 5.41) is 6.90. The highest BCUT2D eigenvalue weighted by atomic mass is 16.1. The largest absolute Gasteiger partial charge is 0.349 e. The van der Waals surface area contributed by atoms with Gasteiger partial charge in [-0.15, -0.1) is 0 Å². The smallest absolute Gasteiger partial charge is 0.222 e. The summed E-state index contributed by atoms with van der Waals surface area (Å²) in [6, 6.07) is 0. The number of nitrogens with zero attached hydrogens (tertiary/aromatic N) is 3. The van der Waals surface area contributed by atoms with Crippen LogP contribution in [0.15, 0.2) is 6.33 Å². The molecule has 1 aromatic heterocycles. The Kier molecular flexibility index (Phi) is 3.42. The minimum atomic E-state index is -0.290. The van der Waals surface area contributed by atoms with Gasteiger partial charge in [-0.05, 0) is 12.8 Å². The molecule has 2 rings (SSSR count). The standard InChI is InChI=1S/C11H19N5O/c1-16-8-14-9(15-16)7-13-10(17)6-11(12)4-2-3-5-11/h8H,2-7,12H2,1H3,(H,13,17). The van der Waals surface area contributed by atoms with Crippen molar-refractivity contribution >= 4 is 5.91 Å². The van der Waals surface area contributed by atoms with Gasteiger partial charge in [-0.25, -0.2) is 4.98 Å². The molecular weight excluding hydrogens is 218 g/mol. The number of nitrogens with two attached hydrogens (primary N) is 1. The van der Waals surface area contributed by atoms with Gasteiger partial charge >= 0.3 is 0 Å². The number of aryl methyl sites for hydroxylation is 1. The van der Waals surface area contributed by atoms with Crippen LogP contribution in [0.4, 0.5) is 0 Å². The van der Waals surface area contributed by atoms with Crippen molar-refractivity contribution in [3.63, 3.8) is 0 Å². The van der Waals surface area contributed by atoms with E-state index >= 15 is 0 Å². The SMILES string of the molecule is Cn1cnc(CNC(=O)CC2(N)CCCC2)n1. The quantitative estimate of drug-likeness (QED) is 0.777. The monoisotopic (exact) mass is 237 g/mol. The first-order valence-corrected chi connectivity index (χ1v) is 5.97. The molecule has 1 aliphatic carbocycles. The van der Waals surface area contributed by atoms with Crippen LogP contribution in [-0.4, -0.2) is 26.2 Å². The van der Waals surface area contributed by atoms with Gasteiger partial charge in [0.15, 0.2) is 5.82 Å². The molecule has 0 unspecified atom stereocenters. The fourth-order valence-corrected chi connectivity index (χ4v) is 2.28. The molecule has 0 radical (unpaired) electrons. The molecular formula is C11H19N5O. The molecule has 1 fully saturated rings. The van der Waals surface area contributed by atoms with Gasteiger partial charge in [0.2, 0.25) is 5.91 Å². The van der Waals surface area contributed by atoms with Gasteiger partial charge in [0.25, 0.3) is 0 Å². The Labute approximate surface area is 101 Å². The third-order valence-corrected chi connectivity index (χ3v) is 3.20. The number of nitrogens with one attached hydrogen (secondary N) is 1. The van der Waals surface area contributed by atoms with Crippen molar-refractivity contribution in [3.05, 3.63) is 12.2 Å². The fraction of sp³-hybridized carbons (Fsp3) is 0.727. The molecule has 1 saturated carbocycles. The van der Waals surface area contributed by atoms with E-state index in [1.165, 1.54) is 0 Å². The maximum absolute atomic E-state index is 11.7. The first-order valence-electron chi connectivity index (χ1n) is 5.97. The topological polar surface area (TPSA) is 85.8 Å². The second kappa shape index (κ2) is 4.83. The maximum atomic E-state index is 11.7. The minimum Gasteiger partial charge on any atom is -0.349 e. The van der Waals surface area contributed by atoms with Crippen LogP contribution < -0.4 is 11.1 Å². The van der Waals surface area contributed by atoms with Crippen molar-refractivity contribution in [1.29, 1.82) is 0 Å². The zero-order chi connectivity index (χ0) is 12.3. The van der Waals surface area contributed by atoms with Gasteiger partial charge in [-0.1, -0.05) is 12.8 Å². The third-order valence-electron chi connectivity index (χ3n) is 3.20. The van der Waals surface area contributed by atoms with Crippen molar-refractivity contribution in [2.24, 2.45) is 12.8 Å². The maximum Gasteiger partial charge on any atom is 0.222 e. The van der Waals surface area contributed by atoms with Crippen LogP contribution >= 0.6 is 0 Å². The minimum absolute atomic E-state index is 0.0122. The summed E-state index contributed by atoms with van der Waals surface area (Å²) in [7, 11) is 1.80. The Morgan fingerprint density at radius 1 is 1.59 bits per heavy atom. The van der Waals surface area contributed by atoms with Crippen LogP contribution in [0.5, 0.6) is 0 Å². The Bertz CT molecular complexity index is 394. The number of amides is 1. The van der Waals surface area contributed by atoms with Gasteiger partial charge < -0.3 is 11.1 Å². The molecule has 1 aliphatic rings. The first-order chi connectivity index (χ1) is 8.07. The molecule has 3 N–H and O–H groups in total. The Morgan fingerprint density at radius 2 is 2.29 bits per heavy atom. The zero-order valence-corrected chi connectivity index (χ0v) is 10.1. The summed E-state index contributed by atoms with van der Waals surface area (Å²) in [6.07, 6.45) is 6.17. The van der Waals surface area contributed by atoms with E-state index in [9.17, 15) is 4.79 Å². The highest BCUT2D eigenvalue weighted by molar-refractivity contribution is 5.77. The molecule has 1 heterocycles. The summed E-state index contributed by atoms with van der Waals surface area (Å²) in [5.74, 6) is 0.611. The van der Waals surface area contributed by atoms with E-state index in [1.54, 1.807) is 18.1 Å². The predicted octanol–water partition coefficient (Wildman–Crippen LogP) is 0.0929. The van der Waals surface area contributed by atoms with Gasteiger partial charge in [-0.3, -0.25) is 9.48 Å². The Morgan fingerprint density at radius 3 is 2.88 bits per heavy atom. The summed E-state index contributed by atoms with van der Waals surface area (Å²) in [6.45, 7) is 0.371. The first kappa shape index (κ1) is 12.0. The lowest BCUT2D eigenvalue weighted by atomic mass is 9.94. The lowest BCUT2D eigenvalue weighted by Crippen LogP contribution is -2.42. The van der Waals surface area contributed by atoms with E-state index in [0.29, 0.717) is 18.8 Å². The molecule has 94 valence electrons. The highest BCUT2D eigenvalue weighted by Gasteiger charge is 2.31. The van der Waals surface area contributed by atoms with E-state index < -0.39 is 0 Å². The molecule has 6 nitrogen and oxygen atoms in total. The average molecular weight is 237 g/mol. The highest BCUT2D eigenvalue weighted by Crippen LogP contribution is 2.29. The van der Waals surface area contributed by atoms with Crippen LogP contribution in [0.3, 0.4) is 0 Å². The van der Waals surface area contributed by atoms with E-state index in [2.05, 4.69) is 15.4 Å². The average Bonchev–Trinajstić information content (AvgIpc) is 2.85. The van der Waals surface area contributed by atoms with Crippen LogP contribution in [0.25, 0.3) is 0 Å². The van der Waals surface area contributed by atoms with Gasteiger partial charge in [0, 0.05) is 19.0 Å². The van der Waals surface area contributed by atoms with Crippen LogP contribution in [0, 0.1) is 0 Å². The normalized spacial score (nSPS) is 18.2. The van der Waals surface area contributed by atoms with E-state index in [1.807, 2.05) is 0 Å². The Hall–Kier alpha value is -1.43. The van der Waals surface area contributed by atoms with Crippen LogP contribution in [0.1, 0.15) is 37.9 Å². The van der Waals surface area contributed by atoms with Crippen molar-refractivity contribution in [2.45, 2.75) is 44.2 Å². The number of aromatic nitrogens is 3. The molecule has 6 heteroatoms. The molecule has 17 heavy (non-hydrogen) atoms. The molecule has 0 bridgehead atoms. The molecule has 0 saturated heterocycles. The summed E-state index contributed by atoms with van der Waals surface area (Å²) in [5.41, 5.74) is 5.85.